The number of piperazine rings is 1. The molecule has 1 amide bonds. The van der Waals surface area contributed by atoms with Crippen molar-refractivity contribution < 1.29 is 4.79 Å². The van der Waals surface area contributed by atoms with Gasteiger partial charge in [0.15, 0.2) is 5.16 Å². The molecular formula is C18H21N5OS. The Balaban J connectivity index is 1.35. The summed E-state index contributed by atoms with van der Waals surface area (Å²) in [4.78, 5) is 25.7. The molecule has 3 saturated heterocycles. The van der Waals surface area contributed by atoms with Gasteiger partial charge in [0.05, 0.1) is 6.54 Å². The smallest absolute Gasteiger partial charge is 0.238 e. The zero-order valence-corrected chi connectivity index (χ0v) is 14.9. The SMILES string of the molecule is CSc1nccc(N2CC3CC(C2)N3CC(=O)Nc2ccccc2)n1. The van der Waals surface area contributed by atoms with Gasteiger partial charge in [0.1, 0.15) is 5.82 Å². The standard InChI is InChI=1S/C18H21N5OS/c1-25-18-19-8-7-16(21-18)22-10-14-9-15(11-22)23(14)12-17(24)20-13-5-3-2-4-6-13/h2-8,14-15H,9-12H2,1H3,(H,20,24). The van der Waals surface area contributed by atoms with Gasteiger partial charge in [-0.3, -0.25) is 9.69 Å². The number of amides is 1. The fourth-order valence-electron chi connectivity index (χ4n) is 3.63. The van der Waals surface area contributed by atoms with Crippen molar-refractivity contribution >= 4 is 29.2 Å². The number of hydrogen-bond donors (Lipinski definition) is 1. The van der Waals surface area contributed by atoms with Crippen molar-refractivity contribution in [1.29, 1.82) is 0 Å². The van der Waals surface area contributed by atoms with Crippen LogP contribution >= 0.6 is 11.8 Å². The highest BCUT2D eigenvalue weighted by atomic mass is 32.2. The Kier molecular flexibility index (Phi) is 4.59. The Bertz CT molecular complexity index is 744. The fourth-order valence-corrected chi connectivity index (χ4v) is 3.98. The number of aromatic nitrogens is 2. The van der Waals surface area contributed by atoms with E-state index in [0.29, 0.717) is 18.6 Å². The Labute approximate surface area is 151 Å². The van der Waals surface area contributed by atoms with E-state index >= 15 is 0 Å². The lowest BCUT2D eigenvalue weighted by molar-refractivity contribution is -0.121. The van der Waals surface area contributed by atoms with Crippen LogP contribution < -0.4 is 10.2 Å². The molecule has 2 bridgehead atoms. The molecule has 5 rings (SSSR count). The number of hydrogen-bond acceptors (Lipinski definition) is 6. The molecule has 0 radical (unpaired) electrons. The third-order valence-corrected chi connectivity index (χ3v) is 5.42. The number of fused-ring (bicyclic) bond motifs is 2. The molecule has 4 heterocycles. The van der Waals surface area contributed by atoms with E-state index in [4.69, 9.17) is 0 Å². The molecule has 2 aromatic rings. The van der Waals surface area contributed by atoms with Crippen LogP contribution in [-0.4, -0.2) is 58.7 Å². The molecule has 130 valence electrons. The highest BCUT2D eigenvalue weighted by molar-refractivity contribution is 7.98. The summed E-state index contributed by atoms with van der Waals surface area (Å²) in [6, 6.07) is 12.4. The average Bonchev–Trinajstić information content (AvgIpc) is 2.67. The quantitative estimate of drug-likeness (QED) is 0.655. The highest BCUT2D eigenvalue weighted by Crippen LogP contribution is 2.34. The number of carbonyl (C=O) groups excluding carboxylic acids is 1. The number of para-hydroxylation sites is 1. The van der Waals surface area contributed by atoms with Gasteiger partial charge in [0.25, 0.3) is 0 Å². The van der Waals surface area contributed by atoms with E-state index in [0.717, 1.165) is 36.2 Å². The monoisotopic (exact) mass is 355 g/mol. The number of nitrogens with one attached hydrogen (secondary N) is 1. The van der Waals surface area contributed by atoms with Gasteiger partial charge in [-0.2, -0.15) is 0 Å². The zero-order valence-electron chi connectivity index (χ0n) is 14.1. The van der Waals surface area contributed by atoms with Gasteiger partial charge in [0, 0.05) is 37.1 Å². The van der Waals surface area contributed by atoms with Crippen LogP contribution in [0.4, 0.5) is 11.5 Å². The van der Waals surface area contributed by atoms with Gasteiger partial charge >= 0.3 is 0 Å². The molecule has 2 unspecified atom stereocenters. The molecule has 6 nitrogen and oxygen atoms in total. The first-order valence-corrected chi connectivity index (χ1v) is 9.68. The van der Waals surface area contributed by atoms with E-state index in [2.05, 4.69) is 25.1 Å². The second-order valence-corrected chi connectivity index (χ2v) is 7.21. The summed E-state index contributed by atoms with van der Waals surface area (Å²) in [5.74, 6) is 1.04. The summed E-state index contributed by atoms with van der Waals surface area (Å²) in [5, 5.41) is 3.77. The first kappa shape index (κ1) is 16.4. The Morgan fingerprint density at radius 3 is 2.72 bits per heavy atom. The van der Waals surface area contributed by atoms with E-state index in [-0.39, 0.29) is 5.91 Å². The van der Waals surface area contributed by atoms with Crippen LogP contribution in [0.15, 0.2) is 47.8 Å². The number of nitrogens with zero attached hydrogens (tertiary/aromatic N) is 4. The second kappa shape index (κ2) is 7.01. The third-order valence-electron chi connectivity index (χ3n) is 4.85. The Hall–Kier alpha value is -2.12. The normalized spacial score (nSPS) is 22.4. The van der Waals surface area contributed by atoms with Crippen molar-refractivity contribution in [3.8, 4) is 0 Å². The average molecular weight is 355 g/mol. The van der Waals surface area contributed by atoms with E-state index in [1.807, 2.05) is 48.9 Å². The minimum atomic E-state index is 0.0565. The van der Waals surface area contributed by atoms with Gasteiger partial charge in [-0.15, -0.1) is 0 Å². The summed E-state index contributed by atoms with van der Waals surface area (Å²) in [6.45, 7) is 2.29. The van der Waals surface area contributed by atoms with Gasteiger partial charge in [-0.05, 0) is 30.9 Å². The van der Waals surface area contributed by atoms with Gasteiger partial charge in [-0.1, -0.05) is 30.0 Å². The molecule has 3 aliphatic rings. The minimum absolute atomic E-state index is 0.0565. The summed E-state index contributed by atoms with van der Waals surface area (Å²) in [5.41, 5.74) is 0.852. The summed E-state index contributed by atoms with van der Waals surface area (Å²) < 4.78 is 0. The molecule has 1 aromatic heterocycles. The van der Waals surface area contributed by atoms with E-state index in [1.165, 1.54) is 0 Å². The van der Waals surface area contributed by atoms with E-state index < -0.39 is 0 Å². The molecule has 0 aliphatic carbocycles. The second-order valence-electron chi connectivity index (χ2n) is 6.44. The van der Waals surface area contributed by atoms with Gasteiger partial charge in [0.2, 0.25) is 5.91 Å². The number of piperidine rings is 1. The lowest BCUT2D eigenvalue weighted by Crippen LogP contribution is -2.69. The van der Waals surface area contributed by atoms with Crippen molar-refractivity contribution in [2.24, 2.45) is 0 Å². The Morgan fingerprint density at radius 2 is 2.00 bits per heavy atom. The molecule has 0 saturated carbocycles. The molecular weight excluding hydrogens is 334 g/mol. The van der Waals surface area contributed by atoms with E-state index in [9.17, 15) is 4.79 Å². The summed E-state index contributed by atoms with van der Waals surface area (Å²) in [6.07, 6.45) is 4.97. The van der Waals surface area contributed by atoms with Crippen LogP contribution in [0.3, 0.4) is 0 Å². The van der Waals surface area contributed by atoms with Gasteiger partial charge in [-0.25, -0.2) is 9.97 Å². The molecule has 0 spiro atoms. The lowest BCUT2D eigenvalue weighted by atomic mass is 9.87. The van der Waals surface area contributed by atoms with Crippen LogP contribution in [0, 0.1) is 0 Å². The van der Waals surface area contributed by atoms with Crippen molar-refractivity contribution in [2.75, 3.05) is 36.1 Å². The maximum atomic E-state index is 12.3. The first-order valence-electron chi connectivity index (χ1n) is 8.45. The lowest BCUT2D eigenvalue weighted by Gasteiger charge is -2.56. The van der Waals surface area contributed by atoms with Crippen LogP contribution in [0.2, 0.25) is 0 Å². The maximum Gasteiger partial charge on any atom is 0.238 e. The number of anilines is 2. The highest BCUT2D eigenvalue weighted by Gasteiger charge is 2.45. The first-order chi connectivity index (χ1) is 12.2. The molecule has 1 N–H and O–H groups in total. The van der Waals surface area contributed by atoms with Crippen LogP contribution in [0.1, 0.15) is 6.42 Å². The van der Waals surface area contributed by atoms with Crippen LogP contribution in [0.5, 0.6) is 0 Å². The van der Waals surface area contributed by atoms with Crippen molar-refractivity contribution in [1.82, 2.24) is 14.9 Å². The number of carbonyl (C=O) groups is 1. The summed E-state index contributed by atoms with van der Waals surface area (Å²) in [7, 11) is 0. The Morgan fingerprint density at radius 1 is 1.24 bits per heavy atom. The van der Waals surface area contributed by atoms with Crippen molar-refractivity contribution in [3.63, 3.8) is 0 Å². The molecule has 7 heteroatoms. The maximum absolute atomic E-state index is 12.3. The van der Waals surface area contributed by atoms with Crippen LogP contribution in [-0.2, 0) is 4.79 Å². The zero-order chi connectivity index (χ0) is 17.2. The molecule has 25 heavy (non-hydrogen) atoms. The summed E-state index contributed by atoms with van der Waals surface area (Å²) >= 11 is 1.56. The largest absolute Gasteiger partial charge is 0.353 e. The van der Waals surface area contributed by atoms with E-state index in [1.54, 1.807) is 11.8 Å². The topological polar surface area (TPSA) is 61.4 Å². The number of benzene rings is 1. The van der Waals surface area contributed by atoms with Gasteiger partial charge < -0.3 is 10.2 Å². The van der Waals surface area contributed by atoms with Crippen molar-refractivity contribution in [3.05, 3.63) is 42.6 Å². The molecule has 1 aromatic carbocycles. The fraction of sp³-hybridized carbons (Fsp3) is 0.389. The third kappa shape index (κ3) is 3.48. The predicted molar refractivity (Wildman–Crippen MR) is 100.0 cm³/mol. The van der Waals surface area contributed by atoms with Crippen molar-refractivity contribution in [2.45, 2.75) is 23.7 Å². The minimum Gasteiger partial charge on any atom is -0.353 e. The number of rotatable bonds is 5. The predicted octanol–water partition coefficient (Wildman–Crippen LogP) is 2.10. The number of thioether (sulfide) groups is 1. The van der Waals surface area contributed by atoms with Crippen LogP contribution in [0.25, 0.3) is 0 Å². The molecule has 2 atom stereocenters. The molecule has 3 aliphatic heterocycles. The molecule has 3 fully saturated rings.